The van der Waals surface area contributed by atoms with Crippen molar-refractivity contribution in [3.63, 3.8) is 0 Å². The van der Waals surface area contributed by atoms with Crippen molar-refractivity contribution in [3.05, 3.63) is 0 Å². The molecule has 0 radical (unpaired) electrons. The van der Waals surface area contributed by atoms with Crippen molar-refractivity contribution in [1.82, 2.24) is 4.90 Å². The highest BCUT2D eigenvalue weighted by atomic mass is 16.2. The SMILES string of the molecule is CC(C)C(N)=O.CCN(C)C(=O)C(C)C. The lowest BCUT2D eigenvalue weighted by molar-refractivity contribution is -0.132. The van der Waals surface area contributed by atoms with Crippen LogP contribution in [0.1, 0.15) is 34.6 Å². The smallest absolute Gasteiger partial charge is 0.224 e. The molecule has 0 aliphatic carbocycles. The van der Waals surface area contributed by atoms with E-state index in [0.717, 1.165) is 6.54 Å². The van der Waals surface area contributed by atoms with Crippen LogP contribution in [0.3, 0.4) is 0 Å². The van der Waals surface area contributed by atoms with Crippen LogP contribution in [-0.2, 0) is 9.59 Å². The number of hydrogen-bond acceptors (Lipinski definition) is 2. The Labute approximate surface area is 92.8 Å². The Morgan fingerprint density at radius 1 is 1.13 bits per heavy atom. The molecule has 90 valence electrons. The van der Waals surface area contributed by atoms with Crippen molar-refractivity contribution in [1.29, 1.82) is 0 Å². The summed E-state index contributed by atoms with van der Waals surface area (Å²) in [6.45, 7) is 10.1. The van der Waals surface area contributed by atoms with Crippen LogP contribution < -0.4 is 5.73 Å². The molecule has 0 saturated carbocycles. The number of primary amides is 1. The average Bonchev–Trinajstić information content (AvgIpc) is 2.16. The number of carbonyl (C=O) groups excluding carboxylic acids is 2. The molecule has 0 aromatic carbocycles. The minimum atomic E-state index is -0.241. The maximum Gasteiger partial charge on any atom is 0.224 e. The lowest BCUT2D eigenvalue weighted by Gasteiger charge is -2.16. The summed E-state index contributed by atoms with van der Waals surface area (Å²) in [5.41, 5.74) is 4.80. The van der Waals surface area contributed by atoms with E-state index in [1.54, 1.807) is 18.7 Å². The third-order valence-electron chi connectivity index (χ3n) is 1.91. The van der Waals surface area contributed by atoms with E-state index in [0.29, 0.717) is 0 Å². The van der Waals surface area contributed by atoms with Gasteiger partial charge in [-0.15, -0.1) is 0 Å². The minimum absolute atomic E-state index is 0.00926. The summed E-state index contributed by atoms with van der Waals surface area (Å²) >= 11 is 0. The van der Waals surface area contributed by atoms with Gasteiger partial charge in [-0.25, -0.2) is 0 Å². The molecule has 2 amide bonds. The topological polar surface area (TPSA) is 63.4 Å². The van der Waals surface area contributed by atoms with E-state index in [4.69, 9.17) is 5.73 Å². The molecule has 0 aliphatic rings. The van der Waals surface area contributed by atoms with Crippen molar-refractivity contribution in [2.75, 3.05) is 13.6 Å². The molecule has 2 N–H and O–H groups in total. The van der Waals surface area contributed by atoms with Gasteiger partial charge in [0.1, 0.15) is 0 Å². The lowest BCUT2D eigenvalue weighted by atomic mass is 10.2. The van der Waals surface area contributed by atoms with Crippen molar-refractivity contribution in [2.24, 2.45) is 17.6 Å². The molecule has 0 aliphatic heterocycles. The van der Waals surface area contributed by atoms with Gasteiger partial charge in [0.15, 0.2) is 0 Å². The van der Waals surface area contributed by atoms with Crippen LogP contribution in [0.5, 0.6) is 0 Å². The zero-order chi connectivity index (χ0) is 12.6. The van der Waals surface area contributed by atoms with Crippen LogP contribution >= 0.6 is 0 Å². The zero-order valence-electron chi connectivity index (χ0n) is 10.7. The van der Waals surface area contributed by atoms with Gasteiger partial charge in [0.05, 0.1) is 0 Å². The summed E-state index contributed by atoms with van der Waals surface area (Å²) in [5.74, 6) is 0.104. The predicted molar refractivity (Wildman–Crippen MR) is 62.2 cm³/mol. The molecule has 15 heavy (non-hydrogen) atoms. The van der Waals surface area contributed by atoms with E-state index < -0.39 is 0 Å². The normalized spacial score (nSPS) is 9.60. The number of carbonyl (C=O) groups is 2. The van der Waals surface area contributed by atoms with Crippen LogP contribution in [0.2, 0.25) is 0 Å². The molecule has 4 nitrogen and oxygen atoms in total. The summed E-state index contributed by atoms with van der Waals surface area (Å²) in [4.78, 5) is 22.6. The fourth-order valence-electron chi connectivity index (χ4n) is 0.597. The molecule has 0 aromatic heterocycles. The molecule has 0 unspecified atom stereocenters. The molecule has 0 heterocycles. The molecular weight excluding hydrogens is 192 g/mol. The Morgan fingerprint density at radius 3 is 1.53 bits per heavy atom. The van der Waals surface area contributed by atoms with Gasteiger partial charge < -0.3 is 10.6 Å². The molecule has 0 atom stereocenters. The molecule has 4 heteroatoms. The highest BCUT2D eigenvalue weighted by Gasteiger charge is 2.09. The fourth-order valence-corrected chi connectivity index (χ4v) is 0.597. The summed E-state index contributed by atoms with van der Waals surface area (Å²) in [7, 11) is 1.82. The van der Waals surface area contributed by atoms with E-state index in [1.165, 1.54) is 0 Å². The predicted octanol–water partition coefficient (Wildman–Crippen LogP) is 1.25. The summed E-state index contributed by atoms with van der Waals surface area (Å²) < 4.78 is 0. The first kappa shape index (κ1) is 16.4. The second-order valence-corrected chi connectivity index (χ2v) is 4.06. The third kappa shape index (κ3) is 9.25. The first-order valence-electron chi connectivity index (χ1n) is 5.28. The van der Waals surface area contributed by atoms with Gasteiger partial charge in [0, 0.05) is 25.4 Å². The maximum absolute atomic E-state index is 11.0. The van der Waals surface area contributed by atoms with Crippen molar-refractivity contribution in [3.8, 4) is 0 Å². The average molecular weight is 216 g/mol. The summed E-state index contributed by atoms with van der Waals surface area (Å²) in [6.07, 6.45) is 0. The highest BCUT2D eigenvalue weighted by Crippen LogP contribution is 1.96. The maximum atomic E-state index is 11.0. The Kier molecular flexibility index (Phi) is 9.02. The molecular formula is C11H24N2O2. The number of amides is 2. The Morgan fingerprint density at radius 2 is 1.47 bits per heavy atom. The molecule has 0 spiro atoms. The van der Waals surface area contributed by atoms with E-state index >= 15 is 0 Å². The zero-order valence-corrected chi connectivity index (χ0v) is 10.7. The fraction of sp³-hybridized carbons (Fsp3) is 0.818. The number of nitrogens with zero attached hydrogens (tertiary/aromatic N) is 1. The summed E-state index contributed by atoms with van der Waals surface area (Å²) in [5, 5.41) is 0. The molecule has 0 fully saturated rings. The Bertz CT molecular complexity index is 201. The van der Waals surface area contributed by atoms with E-state index in [1.807, 2.05) is 27.8 Å². The Balaban J connectivity index is 0. The first-order valence-corrected chi connectivity index (χ1v) is 5.28. The molecule has 0 saturated heterocycles. The van der Waals surface area contributed by atoms with Gasteiger partial charge >= 0.3 is 0 Å². The number of hydrogen-bond donors (Lipinski definition) is 1. The van der Waals surface area contributed by atoms with Gasteiger partial charge in [-0.2, -0.15) is 0 Å². The van der Waals surface area contributed by atoms with E-state index in [2.05, 4.69) is 0 Å². The van der Waals surface area contributed by atoms with Crippen molar-refractivity contribution < 1.29 is 9.59 Å². The standard InChI is InChI=1S/C7H15NO.C4H9NO/c1-5-8(4)7(9)6(2)3;1-3(2)4(5)6/h6H,5H2,1-4H3;3H,1-2H3,(H2,5,6). The highest BCUT2D eigenvalue weighted by molar-refractivity contribution is 5.77. The van der Waals surface area contributed by atoms with Gasteiger partial charge in [0.25, 0.3) is 0 Å². The van der Waals surface area contributed by atoms with Gasteiger partial charge in [-0.1, -0.05) is 27.7 Å². The van der Waals surface area contributed by atoms with Crippen LogP contribution in [0, 0.1) is 11.8 Å². The van der Waals surface area contributed by atoms with Gasteiger partial charge in [0.2, 0.25) is 11.8 Å². The number of nitrogens with two attached hydrogens (primary N) is 1. The van der Waals surface area contributed by atoms with Crippen LogP contribution in [0.25, 0.3) is 0 Å². The first-order chi connectivity index (χ1) is 6.73. The minimum Gasteiger partial charge on any atom is -0.369 e. The number of rotatable bonds is 3. The largest absolute Gasteiger partial charge is 0.369 e. The van der Waals surface area contributed by atoms with Gasteiger partial charge in [-0.3, -0.25) is 9.59 Å². The monoisotopic (exact) mass is 216 g/mol. The lowest BCUT2D eigenvalue weighted by Crippen LogP contribution is -2.29. The van der Waals surface area contributed by atoms with Crippen LogP contribution in [0.15, 0.2) is 0 Å². The quantitative estimate of drug-likeness (QED) is 0.771. The van der Waals surface area contributed by atoms with Crippen molar-refractivity contribution >= 4 is 11.8 Å². The molecule has 0 rings (SSSR count). The molecule has 0 bridgehead atoms. The van der Waals surface area contributed by atoms with Gasteiger partial charge in [-0.05, 0) is 6.92 Å². The van der Waals surface area contributed by atoms with E-state index in [9.17, 15) is 9.59 Å². The van der Waals surface area contributed by atoms with Crippen molar-refractivity contribution in [2.45, 2.75) is 34.6 Å². The third-order valence-corrected chi connectivity index (χ3v) is 1.91. The van der Waals surface area contributed by atoms with Crippen LogP contribution in [-0.4, -0.2) is 30.3 Å². The summed E-state index contributed by atoms with van der Waals surface area (Å²) in [6, 6.07) is 0. The second kappa shape index (κ2) is 8.26. The Hall–Kier alpha value is -1.06. The van der Waals surface area contributed by atoms with E-state index in [-0.39, 0.29) is 23.7 Å². The second-order valence-electron chi connectivity index (χ2n) is 4.06. The molecule has 0 aromatic rings. The van der Waals surface area contributed by atoms with Crippen LogP contribution in [0.4, 0.5) is 0 Å².